The minimum absolute atomic E-state index is 0.176. The molecule has 0 radical (unpaired) electrons. The number of ether oxygens (including phenoxy) is 1. The highest BCUT2D eigenvalue weighted by atomic mass is 16.5. The summed E-state index contributed by atoms with van der Waals surface area (Å²) in [7, 11) is 0. The van der Waals surface area contributed by atoms with Gasteiger partial charge in [0.05, 0.1) is 11.3 Å². The summed E-state index contributed by atoms with van der Waals surface area (Å²) < 4.78 is 7.25. The van der Waals surface area contributed by atoms with E-state index in [4.69, 9.17) is 4.74 Å². The lowest BCUT2D eigenvalue weighted by molar-refractivity contribution is -0.140. The Hall–Kier alpha value is -2.67. The highest BCUT2D eigenvalue weighted by molar-refractivity contribution is 5.95. The van der Waals surface area contributed by atoms with Gasteiger partial charge in [-0.1, -0.05) is 6.07 Å². The van der Waals surface area contributed by atoms with E-state index < -0.39 is 17.9 Å². The van der Waals surface area contributed by atoms with Crippen LogP contribution in [0.5, 0.6) is 0 Å². The Labute approximate surface area is 165 Å². The second kappa shape index (κ2) is 8.56. The lowest BCUT2D eigenvalue weighted by Gasteiger charge is -2.21. The molecule has 1 heterocycles. The Morgan fingerprint density at radius 2 is 1.75 bits per heavy atom. The molecule has 2 N–H and O–H groups in total. The maximum atomic E-state index is 12.6. The molecule has 0 saturated carbocycles. The van der Waals surface area contributed by atoms with Gasteiger partial charge in [-0.3, -0.25) is 4.79 Å². The molecule has 0 spiro atoms. The van der Waals surface area contributed by atoms with Crippen LogP contribution >= 0.6 is 0 Å². The van der Waals surface area contributed by atoms with E-state index in [1.165, 1.54) is 0 Å². The monoisotopic (exact) mass is 387 g/mol. The molecule has 1 atom stereocenters. The predicted molar refractivity (Wildman–Crippen MR) is 107 cm³/mol. The van der Waals surface area contributed by atoms with Gasteiger partial charge in [-0.15, -0.1) is 0 Å². The highest BCUT2D eigenvalue weighted by Gasteiger charge is 2.23. The average molecular weight is 387 g/mol. The van der Waals surface area contributed by atoms with Crippen molar-refractivity contribution >= 4 is 11.9 Å². The number of hydrogen-bond donors (Lipinski definition) is 2. The number of hydrogen-bond acceptors (Lipinski definition) is 4. The third kappa shape index (κ3) is 5.92. The fraction of sp³-hybridized carbons (Fsp3) is 0.476. The van der Waals surface area contributed by atoms with E-state index in [1.807, 2.05) is 53.7 Å². The number of carbonyl (C=O) groups is 2. The first-order valence-corrected chi connectivity index (χ1v) is 9.29. The van der Waals surface area contributed by atoms with Crippen LogP contribution in [0, 0.1) is 20.8 Å². The molecular weight excluding hydrogens is 358 g/mol. The Balaban J connectivity index is 2.14. The van der Waals surface area contributed by atoms with Crippen LogP contribution in [0.2, 0.25) is 0 Å². The number of rotatable bonds is 7. The molecule has 152 valence electrons. The fourth-order valence-corrected chi connectivity index (χ4v) is 2.89. The maximum absolute atomic E-state index is 12.6. The molecule has 0 aliphatic rings. The first-order valence-electron chi connectivity index (χ1n) is 9.29. The molecule has 0 fully saturated rings. The zero-order chi connectivity index (χ0) is 21.1. The van der Waals surface area contributed by atoms with Crippen LogP contribution in [0.15, 0.2) is 24.3 Å². The van der Waals surface area contributed by atoms with Crippen LogP contribution in [0.25, 0.3) is 5.69 Å². The van der Waals surface area contributed by atoms with Gasteiger partial charge in [0.2, 0.25) is 0 Å². The van der Waals surface area contributed by atoms with E-state index in [0.717, 1.165) is 22.5 Å². The standard InChI is InChI=1S/C21H29N3O4/c1-13-9-14(2)11-16(10-13)24-15(3)12-18(23-24)19(25)22-17(20(26)27)7-8-28-21(4,5)6/h9-12,17H,7-8H2,1-6H3,(H,22,25)(H,26,27). The van der Waals surface area contributed by atoms with Gasteiger partial charge in [0.25, 0.3) is 5.91 Å². The smallest absolute Gasteiger partial charge is 0.326 e. The molecule has 1 amide bonds. The normalized spacial score (nSPS) is 12.6. The first-order chi connectivity index (χ1) is 13.0. The van der Waals surface area contributed by atoms with Gasteiger partial charge in [-0.2, -0.15) is 5.10 Å². The van der Waals surface area contributed by atoms with Crippen LogP contribution in [0.3, 0.4) is 0 Å². The van der Waals surface area contributed by atoms with Crippen LogP contribution in [0.1, 0.15) is 54.5 Å². The van der Waals surface area contributed by atoms with Gasteiger partial charge in [-0.05, 0) is 70.9 Å². The molecule has 28 heavy (non-hydrogen) atoms. The highest BCUT2D eigenvalue weighted by Crippen LogP contribution is 2.16. The molecule has 1 aromatic heterocycles. The number of nitrogens with zero attached hydrogens (tertiary/aromatic N) is 2. The molecule has 2 aromatic rings. The number of amides is 1. The Morgan fingerprint density at radius 3 is 2.29 bits per heavy atom. The van der Waals surface area contributed by atoms with Crippen LogP contribution < -0.4 is 5.32 Å². The van der Waals surface area contributed by atoms with Crippen molar-refractivity contribution in [3.63, 3.8) is 0 Å². The SMILES string of the molecule is Cc1cc(C)cc(-n2nc(C(=O)NC(CCOC(C)(C)C)C(=O)O)cc2C)c1. The number of aliphatic carboxylic acids is 1. The molecule has 2 rings (SSSR count). The Kier molecular flexibility index (Phi) is 6.61. The quantitative estimate of drug-likeness (QED) is 0.761. The van der Waals surface area contributed by atoms with Gasteiger partial charge in [0.1, 0.15) is 6.04 Å². The predicted octanol–water partition coefficient (Wildman–Crippen LogP) is 3.19. The van der Waals surface area contributed by atoms with Crippen LogP contribution in [-0.2, 0) is 9.53 Å². The van der Waals surface area contributed by atoms with Crippen LogP contribution in [-0.4, -0.2) is 45.0 Å². The molecule has 0 aliphatic heterocycles. The van der Waals surface area contributed by atoms with Crippen molar-refractivity contribution in [1.82, 2.24) is 15.1 Å². The zero-order valence-corrected chi connectivity index (χ0v) is 17.4. The molecule has 7 heteroatoms. The summed E-state index contributed by atoms with van der Waals surface area (Å²) in [6.07, 6.45) is 0.176. The van der Waals surface area contributed by atoms with E-state index in [0.29, 0.717) is 0 Å². The number of aryl methyl sites for hydroxylation is 3. The molecule has 1 aromatic carbocycles. The molecule has 0 bridgehead atoms. The average Bonchev–Trinajstić information content (AvgIpc) is 2.93. The van der Waals surface area contributed by atoms with Gasteiger partial charge >= 0.3 is 5.97 Å². The number of nitrogens with one attached hydrogen (secondary N) is 1. The maximum Gasteiger partial charge on any atom is 0.326 e. The number of carboxylic acid groups (broad SMARTS) is 1. The van der Waals surface area contributed by atoms with Gasteiger partial charge in [0.15, 0.2) is 5.69 Å². The lowest BCUT2D eigenvalue weighted by atomic mass is 10.1. The molecule has 0 saturated heterocycles. The zero-order valence-electron chi connectivity index (χ0n) is 17.4. The van der Waals surface area contributed by atoms with Crippen LogP contribution in [0.4, 0.5) is 0 Å². The summed E-state index contributed by atoms with van der Waals surface area (Å²) >= 11 is 0. The van der Waals surface area contributed by atoms with Crippen molar-refractivity contribution in [2.45, 2.75) is 59.6 Å². The lowest BCUT2D eigenvalue weighted by Crippen LogP contribution is -2.42. The third-order valence-corrected chi connectivity index (χ3v) is 4.12. The topological polar surface area (TPSA) is 93.5 Å². The van der Waals surface area contributed by atoms with Crippen molar-refractivity contribution in [1.29, 1.82) is 0 Å². The third-order valence-electron chi connectivity index (χ3n) is 4.12. The first kappa shape index (κ1) is 21.6. The van der Waals surface area contributed by atoms with Gasteiger partial charge in [0, 0.05) is 18.7 Å². The summed E-state index contributed by atoms with van der Waals surface area (Å²) in [5, 5.41) is 16.3. The van der Waals surface area contributed by atoms with Gasteiger partial charge < -0.3 is 15.2 Å². The summed E-state index contributed by atoms with van der Waals surface area (Å²) in [6, 6.07) is 6.64. The van der Waals surface area contributed by atoms with E-state index in [9.17, 15) is 14.7 Å². The van der Waals surface area contributed by atoms with Crippen molar-refractivity contribution in [3.8, 4) is 5.69 Å². The molecule has 0 aliphatic carbocycles. The molecule has 1 unspecified atom stereocenters. The fourth-order valence-electron chi connectivity index (χ4n) is 2.89. The van der Waals surface area contributed by atoms with E-state index >= 15 is 0 Å². The summed E-state index contributed by atoms with van der Waals surface area (Å²) in [6.45, 7) is 11.8. The number of carboxylic acids is 1. The number of aromatic nitrogens is 2. The van der Waals surface area contributed by atoms with E-state index in [-0.39, 0.29) is 24.3 Å². The van der Waals surface area contributed by atoms with Crippen molar-refractivity contribution in [3.05, 3.63) is 46.8 Å². The van der Waals surface area contributed by atoms with Crippen molar-refractivity contribution in [2.75, 3.05) is 6.61 Å². The molecular formula is C21H29N3O4. The second-order valence-electron chi connectivity index (χ2n) is 8.04. The Morgan fingerprint density at radius 1 is 1.14 bits per heavy atom. The largest absolute Gasteiger partial charge is 0.480 e. The van der Waals surface area contributed by atoms with Crippen molar-refractivity contribution < 1.29 is 19.4 Å². The second-order valence-corrected chi connectivity index (χ2v) is 8.04. The number of carbonyl (C=O) groups excluding carboxylic acids is 1. The van der Waals surface area contributed by atoms with Crippen molar-refractivity contribution in [2.24, 2.45) is 0 Å². The Bertz CT molecular complexity index is 845. The molecule has 7 nitrogen and oxygen atoms in total. The van der Waals surface area contributed by atoms with Gasteiger partial charge in [-0.25, -0.2) is 9.48 Å². The number of benzene rings is 1. The minimum atomic E-state index is -1.10. The van der Waals surface area contributed by atoms with E-state index in [2.05, 4.69) is 16.5 Å². The summed E-state index contributed by atoms with van der Waals surface area (Å²) in [5.41, 5.74) is 3.66. The van der Waals surface area contributed by atoms with E-state index in [1.54, 1.807) is 10.7 Å². The summed E-state index contributed by atoms with van der Waals surface area (Å²) in [4.78, 5) is 24.1. The minimum Gasteiger partial charge on any atom is -0.480 e. The summed E-state index contributed by atoms with van der Waals surface area (Å²) in [5.74, 6) is -1.62.